The van der Waals surface area contributed by atoms with Crippen LogP contribution in [-0.2, 0) is 16.1 Å². The van der Waals surface area contributed by atoms with E-state index in [9.17, 15) is 9.59 Å². The minimum atomic E-state index is -0.518. The second-order valence-corrected chi connectivity index (χ2v) is 5.68. The molecule has 1 fully saturated rings. The molecule has 0 bridgehead atoms. The van der Waals surface area contributed by atoms with E-state index < -0.39 is 6.04 Å². The standard InChI is InChI=1S/C16H23N3O2.ClH/c1-11(17)15(20)18-10-12-5-4-8-14(9-12)19-16(21)13-6-2-3-7-13;/h4-5,8-9,11,13H,2-3,6-7,10,17H2,1H3,(H,18,20)(H,19,21);1H/t11-;/m1./s1. The summed E-state index contributed by atoms with van der Waals surface area (Å²) in [6, 6.07) is 7.01. The van der Waals surface area contributed by atoms with E-state index in [0.717, 1.165) is 36.9 Å². The van der Waals surface area contributed by atoms with Crippen LogP contribution >= 0.6 is 12.4 Å². The molecule has 0 radical (unpaired) electrons. The van der Waals surface area contributed by atoms with Crippen LogP contribution in [0.4, 0.5) is 5.69 Å². The van der Waals surface area contributed by atoms with E-state index in [1.165, 1.54) is 0 Å². The largest absolute Gasteiger partial charge is 0.351 e. The average molecular weight is 326 g/mol. The van der Waals surface area contributed by atoms with Gasteiger partial charge in [0.25, 0.3) is 0 Å². The molecule has 0 aliphatic heterocycles. The second-order valence-electron chi connectivity index (χ2n) is 5.68. The molecule has 1 aromatic carbocycles. The lowest BCUT2D eigenvalue weighted by atomic mass is 10.1. The van der Waals surface area contributed by atoms with Gasteiger partial charge in [0, 0.05) is 18.2 Å². The molecule has 6 heteroatoms. The van der Waals surface area contributed by atoms with Crippen molar-refractivity contribution in [2.24, 2.45) is 11.7 Å². The molecular formula is C16H24ClN3O2. The van der Waals surface area contributed by atoms with Gasteiger partial charge in [-0.3, -0.25) is 9.59 Å². The van der Waals surface area contributed by atoms with Crippen molar-refractivity contribution < 1.29 is 9.59 Å². The van der Waals surface area contributed by atoms with Crippen LogP contribution in [0.25, 0.3) is 0 Å². The summed E-state index contributed by atoms with van der Waals surface area (Å²) in [7, 11) is 0. The van der Waals surface area contributed by atoms with Crippen molar-refractivity contribution >= 4 is 29.9 Å². The third-order valence-electron chi connectivity index (χ3n) is 3.80. The maximum Gasteiger partial charge on any atom is 0.236 e. The number of nitrogens with one attached hydrogen (secondary N) is 2. The van der Waals surface area contributed by atoms with Crippen molar-refractivity contribution in [1.82, 2.24) is 5.32 Å². The van der Waals surface area contributed by atoms with E-state index in [4.69, 9.17) is 5.73 Å². The zero-order valence-electron chi connectivity index (χ0n) is 12.8. The molecular weight excluding hydrogens is 302 g/mol. The maximum atomic E-state index is 12.1. The molecule has 122 valence electrons. The van der Waals surface area contributed by atoms with Gasteiger partial charge in [-0.05, 0) is 37.5 Å². The van der Waals surface area contributed by atoms with Crippen molar-refractivity contribution in [3.8, 4) is 0 Å². The Labute approximate surface area is 137 Å². The van der Waals surface area contributed by atoms with Gasteiger partial charge in [-0.25, -0.2) is 0 Å². The molecule has 0 unspecified atom stereocenters. The molecule has 0 aromatic heterocycles. The molecule has 1 aliphatic carbocycles. The summed E-state index contributed by atoms with van der Waals surface area (Å²) in [6.07, 6.45) is 4.24. The lowest BCUT2D eigenvalue weighted by molar-refractivity contribution is -0.122. The molecule has 1 aliphatic rings. The van der Waals surface area contributed by atoms with Gasteiger partial charge in [0.15, 0.2) is 0 Å². The SMILES string of the molecule is C[C@@H](N)C(=O)NCc1cccc(NC(=O)C2CCCC2)c1.Cl. The number of amides is 2. The Morgan fingerprint density at radius 3 is 2.64 bits per heavy atom. The fourth-order valence-corrected chi connectivity index (χ4v) is 2.54. The summed E-state index contributed by atoms with van der Waals surface area (Å²) >= 11 is 0. The molecule has 0 spiro atoms. The monoisotopic (exact) mass is 325 g/mol. The Bertz CT molecular complexity index is 514. The van der Waals surface area contributed by atoms with Gasteiger partial charge in [0.05, 0.1) is 6.04 Å². The highest BCUT2D eigenvalue weighted by Crippen LogP contribution is 2.26. The first-order valence-corrected chi connectivity index (χ1v) is 7.49. The van der Waals surface area contributed by atoms with Crippen LogP contribution in [0, 0.1) is 5.92 Å². The maximum absolute atomic E-state index is 12.1. The van der Waals surface area contributed by atoms with Crippen molar-refractivity contribution in [3.05, 3.63) is 29.8 Å². The van der Waals surface area contributed by atoms with Gasteiger partial charge in [-0.1, -0.05) is 25.0 Å². The zero-order chi connectivity index (χ0) is 15.2. The fraction of sp³-hybridized carbons (Fsp3) is 0.500. The number of anilines is 1. The van der Waals surface area contributed by atoms with Crippen molar-refractivity contribution in [1.29, 1.82) is 0 Å². The third kappa shape index (κ3) is 5.31. The minimum Gasteiger partial charge on any atom is -0.351 e. The fourth-order valence-electron chi connectivity index (χ4n) is 2.54. The van der Waals surface area contributed by atoms with Gasteiger partial charge < -0.3 is 16.4 Å². The van der Waals surface area contributed by atoms with Gasteiger partial charge >= 0.3 is 0 Å². The Morgan fingerprint density at radius 1 is 1.32 bits per heavy atom. The normalized spacial score (nSPS) is 15.7. The van der Waals surface area contributed by atoms with Gasteiger partial charge in [-0.15, -0.1) is 12.4 Å². The molecule has 2 amide bonds. The summed E-state index contributed by atoms with van der Waals surface area (Å²) in [5, 5.41) is 5.72. The molecule has 1 aromatic rings. The third-order valence-corrected chi connectivity index (χ3v) is 3.80. The topological polar surface area (TPSA) is 84.2 Å². The minimum absolute atomic E-state index is 0. The summed E-state index contributed by atoms with van der Waals surface area (Å²) in [5.41, 5.74) is 7.21. The van der Waals surface area contributed by atoms with E-state index in [2.05, 4.69) is 10.6 Å². The molecule has 1 saturated carbocycles. The summed E-state index contributed by atoms with van der Waals surface area (Å²) in [4.78, 5) is 23.5. The van der Waals surface area contributed by atoms with Crippen LogP contribution in [0.3, 0.4) is 0 Å². The first-order chi connectivity index (χ1) is 10.1. The highest BCUT2D eigenvalue weighted by molar-refractivity contribution is 5.92. The highest BCUT2D eigenvalue weighted by Gasteiger charge is 2.22. The van der Waals surface area contributed by atoms with E-state index in [1.807, 2.05) is 24.3 Å². The van der Waals surface area contributed by atoms with E-state index in [1.54, 1.807) is 6.92 Å². The summed E-state index contributed by atoms with van der Waals surface area (Å²) in [5.74, 6) is 0.0612. The first-order valence-electron chi connectivity index (χ1n) is 7.49. The number of carbonyl (C=O) groups is 2. The quantitative estimate of drug-likeness (QED) is 0.776. The highest BCUT2D eigenvalue weighted by atomic mass is 35.5. The number of hydrogen-bond donors (Lipinski definition) is 3. The van der Waals surface area contributed by atoms with Gasteiger partial charge in [0.1, 0.15) is 0 Å². The second kappa shape index (κ2) is 8.76. The Balaban J connectivity index is 0.00000242. The van der Waals surface area contributed by atoms with Crippen molar-refractivity contribution in [3.63, 3.8) is 0 Å². The number of benzene rings is 1. The Morgan fingerprint density at radius 2 is 2.00 bits per heavy atom. The van der Waals surface area contributed by atoms with Crippen LogP contribution in [0.2, 0.25) is 0 Å². The first kappa shape index (κ1) is 18.5. The zero-order valence-corrected chi connectivity index (χ0v) is 13.6. The Kier molecular flexibility index (Phi) is 7.35. The van der Waals surface area contributed by atoms with Gasteiger partial charge in [0.2, 0.25) is 11.8 Å². The van der Waals surface area contributed by atoms with Crippen LogP contribution < -0.4 is 16.4 Å². The lowest BCUT2D eigenvalue weighted by Crippen LogP contribution is -2.37. The molecule has 1 atom stereocenters. The van der Waals surface area contributed by atoms with E-state index in [0.29, 0.717) is 6.54 Å². The summed E-state index contributed by atoms with van der Waals surface area (Å²) in [6.45, 7) is 2.06. The predicted octanol–water partition coefficient (Wildman–Crippen LogP) is 2.20. The van der Waals surface area contributed by atoms with Gasteiger partial charge in [-0.2, -0.15) is 0 Å². The van der Waals surface area contributed by atoms with E-state index in [-0.39, 0.29) is 30.1 Å². The van der Waals surface area contributed by atoms with Crippen molar-refractivity contribution in [2.75, 3.05) is 5.32 Å². The molecule has 2 rings (SSSR count). The molecule has 0 saturated heterocycles. The van der Waals surface area contributed by atoms with Crippen LogP contribution in [0.1, 0.15) is 38.2 Å². The lowest BCUT2D eigenvalue weighted by Gasteiger charge is -2.12. The number of carbonyl (C=O) groups excluding carboxylic acids is 2. The number of nitrogens with two attached hydrogens (primary N) is 1. The summed E-state index contributed by atoms with van der Waals surface area (Å²) < 4.78 is 0. The number of rotatable bonds is 5. The van der Waals surface area contributed by atoms with Crippen LogP contribution in [0.5, 0.6) is 0 Å². The predicted molar refractivity (Wildman–Crippen MR) is 89.8 cm³/mol. The molecule has 4 N–H and O–H groups in total. The van der Waals surface area contributed by atoms with Crippen LogP contribution in [-0.4, -0.2) is 17.9 Å². The average Bonchev–Trinajstić information content (AvgIpc) is 2.99. The Hall–Kier alpha value is -1.59. The van der Waals surface area contributed by atoms with Crippen LogP contribution in [0.15, 0.2) is 24.3 Å². The number of halogens is 1. The smallest absolute Gasteiger partial charge is 0.236 e. The van der Waals surface area contributed by atoms with E-state index >= 15 is 0 Å². The molecule has 5 nitrogen and oxygen atoms in total. The molecule has 22 heavy (non-hydrogen) atoms. The number of hydrogen-bond acceptors (Lipinski definition) is 3. The molecule has 0 heterocycles. The van der Waals surface area contributed by atoms with Crippen molar-refractivity contribution in [2.45, 2.75) is 45.2 Å².